The highest BCUT2D eigenvalue weighted by molar-refractivity contribution is 5.67. The summed E-state index contributed by atoms with van der Waals surface area (Å²) in [6, 6.07) is -0.227. The summed E-state index contributed by atoms with van der Waals surface area (Å²) < 4.78 is 20.5. The van der Waals surface area contributed by atoms with Crippen LogP contribution in [0.25, 0.3) is 0 Å². The molecule has 8 nitrogen and oxygen atoms in total. The molecule has 0 aliphatic carbocycles. The van der Waals surface area contributed by atoms with E-state index in [1.165, 1.54) is 0 Å². The molecule has 0 aromatic carbocycles. The van der Waals surface area contributed by atoms with Crippen molar-refractivity contribution in [3.05, 3.63) is 0 Å². The Morgan fingerprint density at radius 1 is 1.29 bits per heavy atom. The number of primary amides is 1. The third kappa shape index (κ3) is 6.63. The fraction of sp³-hybridized carbons (Fsp3) is 0.846. The predicted molar refractivity (Wildman–Crippen MR) is 73.9 cm³/mol. The van der Waals surface area contributed by atoms with Gasteiger partial charge in [0.05, 0.1) is 31.5 Å². The predicted octanol–water partition coefficient (Wildman–Crippen LogP) is 0.781. The van der Waals surface area contributed by atoms with Crippen molar-refractivity contribution < 1.29 is 28.5 Å². The van der Waals surface area contributed by atoms with Gasteiger partial charge in [0.1, 0.15) is 0 Å². The SMILES string of the molecule is CO[C@H]1CCO[C@@H](C)[C@H]1NC(=O)OCCCCOC(N)=O. The molecule has 21 heavy (non-hydrogen) atoms. The third-order valence-electron chi connectivity index (χ3n) is 3.29. The summed E-state index contributed by atoms with van der Waals surface area (Å²) >= 11 is 0. The number of rotatable bonds is 7. The van der Waals surface area contributed by atoms with Gasteiger partial charge >= 0.3 is 12.2 Å². The average molecular weight is 304 g/mol. The summed E-state index contributed by atoms with van der Waals surface area (Å²) in [5, 5.41) is 2.76. The van der Waals surface area contributed by atoms with Crippen LogP contribution in [0.4, 0.5) is 9.59 Å². The number of ether oxygens (including phenoxy) is 4. The van der Waals surface area contributed by atoms with Crippen molar-refractivity contribution in [1.29, 1.82) is 0 Å². The van der Waals surface area contributed by atoms with Crippen molar-refractivity contribution in [2.24, 2.45) is 5.73 Å². The molecule has 0 bridgehead atoms. The number of hydrogen-bond acceptors (Lipinski definition) is 6. The lowest BCUT2D eigenvalue weighted by Gasteiger charge is -2.35. The Morgan fingerprint density at radius 2 is 1.95 bits per heavy atom. The molecular formula is C13H24N2O6. The second-order valence-electron chi connectivity index (χ2n) is 4.82. The number of methoxy groups -OCH3 is 1. The molecule has 2 amide bonds. The molecule has 0 spiro atoms. The number of carbonyl (C=O) groups excluding carboxylic acids is 2. The molecule has 122 valence electrons. The molecular weight excluding hydrogens is 280 g/mol. The van der Waals surface area contributed by atoms with Gasteiger partial charge in [0.25, 0.3) is 0 Å². The van der Waals surface area contributed by atoms with Gasteiger partial charge in [-0.3, -0.25) is 0 Å². The number of amides is 2. The Bertz CT molecular complexity index is 339. The van der Waals surface area contributed by atoms with Crippen molar-refractivity contribution in [2.45, 2.75) is 44.4 Å². The molecule has 0 aromatic rings. The standard InChI is InChI=1S/C13H24N2O6/c1-9-11(10(18-2)5-8-19-9)15-13(17)21-7-4-3-6-20-12(14)16/h9-11H,3-8H2,1-2H3,(H2,14,16)(H,15,17)/t9-,10-,11+/m0/s1. The van der Waals surface area contributed by atoms with Gasteiger partial charge in [-0.2, -0.15) is 0 Å². The molecule has 1 fully saturated rings. The van der Waals surface area contributed by atoms with E-state index < -0.39 is 12.2 Å². The third-order valence-corrected chi connectivity index (χ3v) is 3.29. The van der Waals surface area contributed by atoms with Gasteiger partial charge in [-0.15, -0.1) is 0 Å². The van der Waals surface area contributed by atoms with E-state index in [1.807, 2.05) is 6.92 Å². The molecule has 0 aromatic heterocycles. The van der Waals surface area contributed by atoms with Gasteiger partial charge in [0.15, 0.2) is 0 Å². The molecule has 1 saturated heterocycles. The summed E-state index contributed by atoms with van der Waals surface area (Å²) in [7, 11) is 1.61. The molecule has 8 heteroatoms. The van der Waals surface area contributed by atoms with Crippen molar-refractivity contribution in [1.82, 2.24) is 5.32 Å². The molecule has 3 N–H and O–H groups in total. The van der Waals surface area contributed by atoms with E-state index in [4.69, 9.17) is 19.9 Å². The topological polar surface area (TPSA) is 109 Å². The summed E-state index contributed by atoms with van der Waals surface area (Å²) in [5.74, 6) is 0. The van der Waals surface area contributed by atoms with Crippen molar-refractivity contribution in [3.8, 4) is 0 Å². The van der Waals surface area contributed by atoms with Crippen LogP contribution in [-0.2, 0) is 18.9 Å². The first-order chi connectivity index (χ1) is 10.0. The minimum Gasteiger partial charge on any atom is -0.450 e. The lowest BCUT2D eigenvalue weighted by atomic mass is 10.0. The fourth-order valence-electron chi connectivity index (χ4n) is 2.15. The van der Waals surface area contributed by atoms with Crippen LogP contribution in [0.15, 0.2) is 0 Å². The zero-order valence-corrected chi connectivity index (χ0v) is 12.5. The Hall–Kier alpha value is -1.54. The van der Waals surface area contributed by atoms with Gasteiger partial charge in [-0.05, 0) is 26.2 Å². The molecule has 1 aliphatic rings. The Balaban J connectivity index is 2.18. The Labute approximate surface area is 124 Å². The number of unbranched alkanes of at least 4 members (excludes halogenated alkanes) is 1. The maximum atomic E-state index is 11.7. The maximum Gasteiger partial charge on any atom is 0.407 e. The lowest BCUT2D eigenvalue weighted by molar-refractivity contribution is -0.0760. The average Bonchev–Trinajstić information content (AvgIpc) is 2.44. The Kier molecular flexibility index (Phi) is 7.84. The molecule has 1 rings (SSSR count). The van der Waals surface area contributed by atoms with Crippen LogP contribution in [0.2, 0.25) is 0 Å². The molecule has 0 radical (unpaired) electrons. The quantitative estimate of drug-likeness (QED) is 0.673. The van der Waals surface area contributed by atoms with Gasteiger partial charge in [0, 0.05) is 13.7 Å². The highest BCUT2D eigenvalue weighted by Crippen LogP contribution is 2.17. The summed E-state index contributed by atoms with van der Waals surface area (Å²) in [6.07, 6.45) is 0.396. The van der Waals surface area contributed by atoms with Crippen LogP contribution < -0.4 is 11.1 Å². The van der Waals surface area contributed by atoms with Gasteiger partial charge < -0.3 is 30.0 Å². The normalized spacial score (nSPS) is 25.1. The highest BCUT2D eigenvalue weighted by Gasteiger charge is 2.33. The maximum absolute atomic E-state index is 11.7. The van der Waals surface area contributed by atoms with Gasteiger partial charge in [-0.1, -0.05) is 0 Å². The van der Waals surface area contributed by atoms with Crippen molar-refractivity contribution in [2.75, 3.05) is 26.9 Å². The number of nitrogens with one attached hydrogen (secondary N) is 1. The minimum atomic E-state index is -0.800. The first kappa shape index (κ1) is 17.5. The Morgan fingerprint density at radius 3 is 2.57 bits per heavy atom. The first-order valence-corrected chi connectivity index (χ1v) is 7.04. The minimum absolute atomic E-state index is 0.0785. The molecule has 0 unspecified atom stereocenters. The second-order valence-corrected chi connectivity index (χ2v) is 4.82. The monoisotopic (exact) mass is 304 g/mol. The van der Waals surface area contributed by atoms with Crippen LogP contribution in [0, 0.1) is 0 Å². The number of nitrogens with two attached hydrogens (primary N) is 1. The number of alkyl carbamates (subject to hydrolysis) is 1. The van der Waals surface area contributed by atoms with Crippen molar-refractivity contribution >= 4 is 12.2 Å². The van der Waals surface area contributed by atoms with Crippen LogP contribution in [0.3, 0.4) is 0 Å². The fourth-order valence-corrected chi connectivity index (χ4v) is 2.15. The van der Waals surface area contributed by atoms with Crippen LogP contribution in [0.5, 0.6) is 0 Å². The van der Waals surface area contributed by atoms with Gasteiger partial charge in [0.2, 0.25) is 0 Å². The number of hydrogen-bond donors (Lipinski definition) is 2. The summed E-state index contributed by atoms with van der Waals surface area (Å²) in [5.41, 5.74) is 4.82. The van der Waals surface area contributed by atoms with E-state index in [1.54, 1.807) is 7.11 Å². The van der Waals surface area contributed by atoms with Gasteiger partial charge in [-0.25, -0.2) is 9.59 Å². The summed E-state index contributed by atoms with van der Waals surface area (Å²) in [6.45, 7) is 2.97. The first-order valence-electron chi connectivity index (χ1n) is 7.04. The summed E-state index contributed by atoms with van der Waals surface area (Å²) in [4.78, 5) is 22.0. The second kappa shape index (κ2) is 9.41. The highest BCUT2D eigenvalue weighted by atomic mass is 16.6. The largest absolute Gasteiger partial charge is 0.450 e. The molecule has 1 aliphatic heterocycles. The molecule has 0 saturated carbocycles. The number of carbonyl (C=O) groups is 2. The van der Waals surface area contributed by atoms with Crippen LogP contribution in [-0.4, -0.2) is 57.4 Å². The van der Waals surface area contributed by atoms with Crippen LogP contribution in [0.1, 0.15) is 26.2 Å². The van der Waals surface area contributed by atoms with E-state index in [0.29, 0.717) is 19.4 Å². The van der Waals surface area contributed by atoms with E-state index in [-0.39, 0.29) is 31.5 Å². The van der Waals surface area contributed by atoms with Crippen LogP contribution >= 0.6 is 0 Å². The van der Waals surface area contributed by atoms with E-state index in [9.17, 15) is 9.59 Å². The molecule has 3 atom stereocenters. The zero-order chi connectivity index (χ0) is 15.7. The molecule has 1 heterocycles. The van der Waals surface area contributed by atoms with E-state index >= 15 is 0 Å². The van der Waals surface area contributed by atoms with E-state index in [2.05, 4.69) is 10.1 Å². The smallest absolute Gasteiger partial charge is 0.407 e. The zero-order valence-electron chi connectivity index (χ0n) is 12.5. The van der Waals surface area contributed by atoms with E-state index in [0.717, 1.165) is 6.42 Å². The van der Waals surface area contributed by atoms with Crippen molar-refractivity contribution in [3.63, 3.8) is 0 Å². The lowest BCUT2D eigenvalue weighted by Crippen LogP contribution is -2.54.